The van der Waals surface area contributed by atoms with Gasteiger partial charge >= 0.3 is 5.97 Å². The van der Waals surface area contributed by atoms with Gasteiger partial charge in [-0.3, -0.25) is 9.59 Å². The molecule has 0 atom stereocenters. The average molecular weight is 214 g/mol. The van der Waals surface area contributed by atoms with Gasteiger partial charge in [0.2, 0.25) is 0 Å². The Morgan fingerprint density at radius 2 is 2.33 bits per heavy atom. The summed E-state index contributed by atoms with van der Waals surface area (Å²) >= 11 is 0. The van der Waals surface area contributed by atoms with E-state index in [0.717, 1.165) is 0 Å². The fourth-order valence-electron chi connectivity index (χ4n) is 0.785. The molecule has 0 amide bonds. The zero-order valence-electron chi connectivity index (χ0n) is 8.73. The number of hydrogen-bond donors (Lipinski definition) is 1. The molecular weight excluding hydrogens is 200 g/mol. The molecule has 84 valence electrons. The van der Waals surface area contributed by atoms with Crippen molar-refractivity contribution >= 4 is 12.3 Å². The monoisotopic (exact) mass is 214 g/mol. The topological polar surface area (TPSA) is 76.7 Å². The second-order valence-electron chi connectivity index (χ2n) is 2.51. The van der Waals surface area contributed by atoms with E-state index >= 15 is 0 Å². The summed E-state index contributed by atoms with van der Waals surface area (Å²) in [6.07, 6.45) is 1.95. The Kier molecular flexibility index (Phi) is 6.92. The first-order chi connectivity index (χ1) is 7.15. The van der Waals surface area contributed by atoms with Crippen LogP contribution in [0.15, 0.2) is 16.7 Å². The maximum Gasteiger partial charge on any atom is 0.302 e. The summed E-state index contributed by atoms with van der Waals surface area (Å²) < 4.78 is 9.08. The number of carbonyl (C=O) groups is 2. The minimum absolute atomic E-state index is 0.148. The maximum absolute atomic E-state index is 10.0. The van der Waals surface area contributed by atoms with E-state index in [2.05, 4.69) is 9.15 Å². The van der Waals surface area contributed by atoms with Crippen molar-refractivity contribution in [3.05, 3.63) is 23.7 Å². The minimum Gasteiger partial charge on any atom is -0.466 e. The second kappa shape index (κ2) is 7.75. The van der Waals surface area contributed by atoms with Crippen molar-refractivity contribution in [1.82, 2.24) is 0 Å². The van der Waals surface area contributed by atoms with Gasteiger partial charge in [-0.05, 0) is 13.0 Å². The van der Waals surface area contributed by atoms with E-state index in [1.54, 1.807) is 13.0 Å². The molecule has 5 heteroatoms. The Bertz CT molecular complexity index is 303. The molecule has 5 nitrogen and oxygen atoms in total. The zero-order valence-corrected chi connectivity index (χ0v) is 8.73. The first-order valence-electron chi connectivity index (χ1n) is 4.41. The summed E-state index contributed by atoms with van der Waals surface area (Å²) in [5, 5.41) is 8.52. The summed E-state index contributed by atoms with van der Waals surface area (Å²) in [7, 11) is 0. The van der Waals surface area contributed by atoms with E-state index in [1.807, 2.05) is 0 Å². The Morgan fingerprint density at radius 3 is 2.60 bits per heavy atom. The fourth-order valence-corrected chi connectivity index (χ4v) is 0.785. The molecule has 0 spiro atoms. The smallest absolute Gasteiger partial charge is 0.302 e. The molecule has 0 aliphatic heterocycles. The zero-order chi connectivity index (χ0) is 11.7. The first-order valence-corrected chi connectivity index (χ1v) is 4.41. The Labute approximate surface area is 87.7 Å². The number of carbonyl (C=O) groups excluding carboxylic acids is 2. The molecule has 0 unspecified atom stereocenters. The fraction of sp³-hybridized carbons (Fsp3) is 0.400. The highest BCUT2D eigenvalue weighted by atomic mass is 16.5. The van der Waals surface area contributed by atoms with Gasteiger partial charge in [0.25, 0.3) is 0 Å². The van der Waals surface area contributed by atoms with E-state index in [4.69, 9.17) is 5.11 Å². The molecule has 1 aromatic rings. The molecular formula is C10H14O5. The molecule has 1 aromatic heterocycles. The Morgan fingerprint density at radius 1 is 1.67 bits per heavy atom. The number of esters is 1. The van der Waals surface area contributed by atoms with Gasteiger partial charge in [-0.2, -0.15) is 0 Å². The lowest BCUT2D eigenvalue weighted by atomic mass is 10.3. The summed E-state index contributed by atoms with van der Waals surface area (Å²) in [5.74, 6) is -0.00463. The van der Waals surface area contributed by atoms with Gasteiger partial charge in [-0.1, -0.05) is 0 Å². The van der Waals surface area contributed by atoms with E-state index in [9.17, 15) is 9.59 Å². The average Bonchev–Trinajstić information content (AvgIpc) is 2.65. The van der Waals surface area contributed by atoms with Crippen LogP contribution in [-0.4, -0.2) is 24.0 Å². The Balaban J connectivity index is 0.000000288. The van der Waals surface area contributed by atoms with Crippen LogP contribution in [0.25, 0.3) is 0 Å². The molecule has 1 N–H and O–H groups in total. The molecule has 15 heavy (non-hydrogen) atoms. The molecule has 1 heterocycles. The number of hydrogen-bond acceptors (Lipinski definition) is 5. The van der Waals surface area contributed by atoms with Gasteiger partial charge in [-0.15, -0.1) is 0 Å². The number of rotatable bonds is 3. The highest BCUT2D eigenvalue weighted by Crippen LogP contribution is 2.06. The van der Waals surface area contributed by atoms with Crippen molar-refractivity contribution in [3.8, 4) is 0 Å². The predicted octanol–water partition coefficient (Wildman–Crippen LogP) is 1.15. The lowest BCUT2D eigenvalue weighted by Gasteiger charge is -1.89. The molecule has 1 rings (SSSR count). The lowest BCUT2D eigenvalue weighted by Crippen LogP contribution is -1.95. The van der Waals surface area contributed by atoms with Crippen molar-refractivity contribution in [1.29, 1.82) is 0 Å². The normalized spacial score (nSPS) is 8.73. The standard InChI is InChI=1S/C6H6O3.C4H8O2/c7-3-5-1-2-9-6(5)4-8;1-3-6-4(2)5/h1-2,4,7H,3H2;3H2,1-2H3. The van der Waals surface area contributed by atoms with E-state index in [1.165, 1.54) is 13.2 Å². The van der Waals surface area contributed by atoms with Crippen LogP contribution in [0.2, 0.25) is 0 Å². The van der Waals surface area contributed by atoms with Gasteiger partial charge < -0.3 is 14.3 Å². The van der Waals surface area contributed by atoms with Gasteiger partial charge in [0.05, 0.1) is 19.5 Å². The van der Waals surface area contributed by atoms with E-state index in [-0.39, 0.29) is 18.3 Å². The van der Waals surface area contributed by atoms with Crippen LogP contribution < -0.4 is 0 Å². The molecule has 0 aliphatic carbocycles. The number of aliphatic hydroxyl groups is 1. The summed E-state index contributed by atoms with van der Waals surface area (Å²) in [4.78, 5) is 19.9. The van der Waals surface area contributed by atoms with E-state index in [0.29, 0.717) is 18.5 Å². The van der Waals surface area contributed by atoms with Crippen LogP contribution in [0.1, 0.15) is 30.0 Å². The number of ether oxygens (including phenoxy) is 1. The summed E-state index contributed by atoms with van der Waals surface area (Å²) in [6, 6.07) is 1.56. The van der Waals surface area contributed by atoms with Gasteiger partial charge in [-0.25, -0.2) is 0 Å². The van der Waals surface area contributed by atoms with Crippen molar-refractivity contribution in [3.63, 3.8) is 0 Å². The number of aliphatic hydroxyl groups excluding tert-OH is 1. The quantitative estimate of drug-likeness (QED) is 0.603. The maximum atomic E-state index is 10.0. The second-order valence-corrected chi connectivity index (χ2v) is 2.51. The molecule has 0 bridgehead atoms. The summed E-state index contributed by atoms with van der Waals surface area (Å²) in [5.41, 5.74) is 0.532. The van der Waals surface area contributed by atoms with Crippen LogP contribution in [0.3, 0.4) is 0 Å². The van der Waals surface area contributed by atoms with Gasteiger partial charge in [0, 0.05) is 12.5 Å². The molecule has 0 radical (unpaired) electrons. The molecule has 0 aromatic carbocycles. The van der Waals surface area contributed by atoms with Crippen LogP contribution in [0.4, 0.5) is 0 Å². The third-order valence-corrected chi connectivity index (χ3v) is 1.41. The largest absolute Gasteiger partial charge is 0.466 e. The number of aldehydes is 1. The highest BCUT2D eigenvalue weighted by Gasteiger charge is 2.00. The highest BCUT2D eigenvalue weighted by molar-refractivity contribution is 5.72. The van der Waals surface area contributed by atoms with Crippen LogP contribution in [-0.2, 0) is 16.1 Å². The third kappa shape index (κ3) is 5.64. The van der Waals surface area contributed by atoms with Crippen molar-refractivity contribution in [2.45, 2.75) is 20.5 Å². The first kappa shape index (κ1) is 13.4. The van der Waals surface area contributed by atoms with Crippen LogP contribution in [0.5, 0.6) is 0 Å². The van der Waals surface area contributed by atoms with Crippen LogP contribution >= 0.6 is 0 Å². The minimum atomic E-state index is -0.211. The lowest BCUT2D eigenvalue weighted by molar-refractivity contribution is -0.140. The molecule has 0 saturated heterocycles. The van der Waals surface area contributed by atoms with E-state index < -0.39 is 0 Å². The molecule has 0 aliphatic rings. The molecule has 0 saturated carbocycles. The SMILES string of the molecule is CCOC(C)=O.O=Cc1occc1CO. The summed E-state index contributed by atoms with van der Waals surface area (Å²) in [6.45, 7) is 3.50. The van der Waals surface area contributed by atoms with Crippen molar-refractivity contribution in [2.75, 3.05) is 6.61 Å². The number of furan rings is 1. The third-order valence-electron chi connectivity index (χ3n) is 1.41. The molecule has 0 fully saturated rings. The van der Waals surface area contributed by atoms with Crippen molar-refractivity contribution < 1.29 is 23.8 Å². The predicted molar refractivity (Wildman–Crippen MR) is 52.3 cm³/mol. The van der Waals surface area contributed by atoms with Crippen molar-refractivity contribution in [2.24, 2.45) is 0 Å². The van der Waals surface area contributed by atoms with Gasteiger partial charge in [0.15, 0.2) is 12.0 Å². The Hall–Kier alpha value is -1.62. The van der Waals surface area contributed by atoms with Crippen LogP contribution in [0, 0.1) is 0 Å². The van der Waals surface area contributed by atoms with Gasteiger partial charge in [0.1, 0.15) is 0 Å².